The van der Waals surface area contributed by atoms with Crippen LogP contribution in [0.2, 0.25) is 0 Å². The van der Waals surface area contributed by atoms with Crippen LogP contribution in [0.25, 0.3) is 17.7 Å². The summed E-state index contributed by atoms with van der Waals surface area (Å²) in [6.45, 7) is 0.289. The fourth-order valence-electron chi connectivity index (χ4n) is 3.01. The molecule has 0 fully saturated rings. The summed E-state index contributed by atoms with van der Waals surface area (Å²) in [6, 6.07) is 20.3. The van der Waals surface area contributed by atoms with Gasteiger partial charge in [-0.05, 0) is 58.7 Å². The average Bonchev–Trinajstić information content (AvgIpc) is 2.86. The van der Waals surface area contributed by atoms with Gasteiger partial charge in [-0.3, -0.25) is 14.8 Å². The number of hydrogen-bond donors (Lipinski definition) is 3. The summed E-state index contributed by atoms with van der Waals surface area (Å²) < 4.78 is 18.5. The first kappa shape index (κ1) is 23.4. The SMILES string of the molecule is COc1ccc(C(=Cc2ccc(F)cc2)C(=O)NCc2ccc(/C=C/C(=O)NO)cc2)cc1. The van der Waals surface area contributed by atoms with E-state index in [0.29, 0.717) is 22.4 Å². The molecule has 3 rings (SSSR count). The van der Waals surface area contributed by atoms with Crippen molar-refractivity contribution in [2.75, 3.05) is 7.11 Å². The van der Waals surface area contributed by atoms with Gasteiger partial charge in [0.25, 0.3) is 11.8 Å². The molecule has 3 aromatic rings. The average molecular weight is 446 g/mol. The number of hydroxylamine groups is 1. The van der Waals surface area contributed by atoms with Gasteiger partial charge in [-0.25, -0.2) is 9.87 Å². The van der Waals surface area contributed by atoms with Crippen LogP contribution in [-0.4, -0.2) is 24.1 Å². The Morgan fingerprint density at radius 1 is 0.939 bits per heavy atom. The zero-order chi connectivity index (χ0) is 23.6. The zero-order valence-electron chi connectivity index (χ0n) is 17.9. The molecule has 0 spiro atoms. The molecule has 0 aliphatic heterocycles. The van der Waals surface area contributed by atoms with E-state index in [1.807, 2.05) is 12.1 Å². The molecule has 33 heavy (non-hydrogen) atoms. The second kappa shape index (κ2) is 11.4. The van der Waals surface area contributed by atoms with E-state index in [1.54, 1.807) is 67.8 Å². The number of benzene rings is 3. The Morgan fingerprint density at radius 3 is 2.18 bits per heavy atom. The molecular weight excluding hydrogens is 423 g/mol. The Kier molecular flexibility index (Phi) is 8.10. The first-order valence-corrected chi connectivity index (χ1v) is 10.1. The quantitative estimate of drug-likeness (QED) is 0.209. The molecule has 0 saturated carbocycles. The fourth-order valence-corrected chi connectivity index (χ4v) is 3.01. The summed E-state index contributed by atoms with van der Waals surface area (Å²) in [5.74, 6) is -0.581. The van der Waals surface area contributed by atoms with Crippen LogP contribution in [0.15, 0.2) is 78.9 Å². The van der Waals surface area contributed by atoms with Gasteiger partial charge in [-0.2, -0.15) is 0 Å². The van der Waals surface area contributed by atoms with Crippen LogP contribution in [-0.2, 0) is 16.1 Å². The van der Waals surface area contributed by atoms with Gasteiger partial charge >= 0.3 is 0 Å². The van der Waals surface area contributed by atoms with Crippen molar-refractivity contribution in [2.45, 2.75) is 6.54 Å². The van der Waals surface area contributed by atoms with Crippen molar-refractivity contribution in [3.63, 3.8) is 0 Å². The molecule has 2 amide bonds. The number of halogens is 1. The molecule has 6 nitrogen and oxygen atoms in total. The largest absolute Gasteiger partial charge is 0.497 e. The van der Waals surface area contributed by atoms with Gasteiger partial charge in [-0.1, -0.05) is 48.5 Å². The fraction of sp³-hybridized carbons (Fsp3) is 0.0769. The molecule has 168 valence electrons. The third kappa shape index (κ3) is 6.88. The van der Waals surface area contributed by atoms with Crippen LogP contribution in [0, 0.1) is 5.82 Å². The Bertz CT molecular complexity index is 1150. The van der Waals surface area contributed by atoms with E-state index in [1.165, 1.54) is 23.7 Å². The maximum Gasteiger partial charge on any atom is 0.267 e. The highest BCUT2D eigenvalue weighted by Crippen LogP contribution is 2.22. The van der Waals surface area contributed by atoms with Gasteiger partial charge in [0.05, 0.1) is 7.11 Å². The number of ether oxygens (including phenoxy) is 1. The van der Waals surface area contributed by atoms with E-state index in [-0.39, 0.29) is 18.3 Å². The molecule has 0 bridgehead atoms. The number of nitrogens with one attached hydrogen (secondary N) is 2. The van der Waals surface area contributed by atoms with E-state index >= 15 is 0 Å². The summed E-state index contributed by atoms with van der Waals surface area (Å²) in [6.07, 6.45) is 4.47. The molecule has 0 unspecified atom stereocenters. The smallest absolute Gasteiger partial charge is 0.267 e. The van der Waals surface area contributed by atoms with Crippen molar-refractivity contribution < 1.29 is 23.9 Å². The summed E-state index contributed by atoms with van der Waals surface area (Å²) in [5, 5.41) is 11.4. The van der Waals surface area contributed by atoms with Crippen molar-refractivity contribution in [1.29, 1.82) is 0 Å². The van der Waals surface area contributed by atoms with Gasteiger partial charge in [0.2, 0.25) is 0 Å². The lowest BCUT2D eigenvalue weighted by atomic mass is 10.0. The molecule has 0 saturated heterocycles. The van der Waals surface area contributed by atoms with E-state index in [4.69, 9.17) is 9.94 Å². The highest BCUT2D eigenvalue weighted by Gasteiger charge is 2.13. The van der Waals surface area contributed by atoms with Crippen LogP contribution >= 0.6 is 0 Å². The second-order valence-electron chi connectivity index (χ2n) is 7.07. The lowest BCUT2D eigenvalue weighted by Crippen LogP contribution is -2.23. The van der Waals surface area contributed by atoms with Crippen molar-refractivity contribution in [3.8, 4) is 5.75 Å². The molecule has 0 heterocycles. The number of carbonyl (C=O) groups excluding carboxylic acids is 2. The highest BCUT2D eigenvalue weighted by molar-refractivity contribution is 6.24. The van der Waals surface area contributed by atoms with Crippen molar-refractivity contribution in [3.05, 3.63) is 107 Å². The number of methoxy groups -OCH3 is 1. The van der Waals surface area contributed by atoms with Crippen LogP contribution in [0.5, 0.6) is 5.75 Å². The Morgan fingerprint density at radius 2 is 1.58 bits per heavy atom. The summed E-state index contributed by atoms with van der Waals surface area (Å²) >= 11 is 0. The van der Waals surface area contributed by atoms with E-state index < -0.39 is 5.91 Å². The molecule has 0 aromatic heterocycles. The van der Waals surface area contributed by atoms with Gasteiger partial charge in [0.1, 0.15) is 11.6 Å². The predicted octanol–water partition coefficient (Wildman–Crippen LogP) is 4.21. The van der Waals surface area contributed by atoms with Crippen molar-refractivity contribution in [1.82, 2.24) is 10.8 Å². The minimum absolute atomic E-state index is 0.284. The summed E-state index contributed by atoms with van der Waals surface area (Å²) in [5.41, 5.74) is 4.98. The van der Waals surface area contributed by atoms with Crippen molar-refractivity contribution in [2.24, 2.45) is 0 Å². The Hall–Kier alpha value is -4.23. The monoisotopic (exact) mass is 446 g/mol. The van der Waals surface area contributed by atoms with Gasteiger partial charge < -0.3 is 10.1 Å². The molecule has 0 aliphatic carbocycles. The maximum atomic E-state index is 13.3. The summed E-state index contributed by atoms with van der Waals surface area (Å²) in [7, 11) is 1.57. The van der Waals surface area contributed by atoms with Crippen LogP contribution in [0.3, 0.4) is 0 Å². The minimum Gasteiger partial charge on any atom is -0.497 e. The Balaban J connectivity index is 1.76. The van der Waals surface area contributed by atoms with Crippen LogP contribution < -0.4 is 15.5 Å². The third-order valence-corrected chi connectivity index (χ3v) is 4.80. The summed E-state index contributed by atoms with van der Waals surface area (Å²) in [4.78, 5) is 24.1. The first-order chi connectivity index (χ1) is 16.0. The minimum atomic E-state index is -0.620. The normalized spacial score (nSPS) is 11.3. The van der Waals surface area contributed by atoms with Gasteiger partial charge in [-0.15, -0.1) is 0 Å². The van der Waals surface area contributed by atoms with E-state index in [0.717, 1.165) is 11.1 Å². The molecule has 0 radical (unpaired) electrons. The lowest BCUT2D eigenvalue weighted by Gasteiger charge is -2.11. The Labute approximate surface area is 191 Å². The molecular formula is C26H23FN2O4. The van der Waals surface area contributed by atoms with Crippen LogP contribution in [0.4, 0.5) is 4.39 Å². The highest BCUT2D eigenvalue weighted by atomic mass is 19.1. The lowest BCUT2D eigenvalue weighted by molar-refractivity contribution is -0.124. The number of amides is 2. The zero-order valence-corrected chi connectivity index (χ0v) is 17.9. The topological polar surface area (TPSA) is 87.7 Å². The number of rotatable bonds is 8. The number of hydrogen-bond acceptors (Lipinski definition) is 4. The second-order valence-corrected chi connectivity index (χ2v) is 7.07. The van der Waals surface area contributed by atoms with Crippen molar-refractivity contribution >= 4 is 29.5 Å². The number of carbonyl (C=O) groups is 2. The van der Waals surface area contributed by atoms with E-state index in [2.05, 4.69) is 5.32 Å². The molecule has 0 atom stereocenters. The molecule has 0 aliphatic rings. The predicted molar refractivity (Wildman–Crippen MR) is 125 cm³/mol. The standard InChI is InChI=1S/C26H23FN2O4/c1-33-23-13-9-21(10-14-23)24(16-19-6-11-22(27)12-7-19)26(31)28-17-20-4-2-18(3-5-20)8-15-25(30)29-32/h2-16,32H,17H2,1H3,(H,28,31)(H,29,30)/b15-8+,24-16?. The van der Waals surface area contributed by atoms with Crippen LogP contribution in [0.1, 0.15) is 22.3 Å². The first-order valence-electron chi connectivity index (χ1n) is 10.1. The molecule has 3 aromatic carbocycles. The molecule has 3 N–H and O–H groups in total. The third-order valence-electron chi connectivity index (χ3n) is 4.80. The maximum absolute atomic E-state index is 13.3. The molecule has 7 heteroatoms. The van der Waals surface area contributed by atoms with Gasteiger partial charge in [0, 0.05) is 18.2 Å². The van der Waals surface area contributed by atoms with Gasteiger partial charge in [0.15, 0.2) is 0 Å². The van der Waals surface area contributed by atoms with E-state index in [9.17, 15) is 14.0 Å².